The summed E-state index contributed by atoms with van der Waals surface area (Å²) in [5.41, 5.74) is 0.181. The number of rotatable bonds is 7. The zero-order valence-electron chi connectivity index (χ0n) is 12.2. The molecule has 116 valence electrons. The molecule has 0 aromatic heterocycles. The Labute approximate surface area is 128 Å². The molecule has 1 N–H and O–H groups in total. The minimum absolute atomic E-state index is 0.148. The van der Waals surface area contributed by atoms with E-state index >= 15 is 0 Å². The Morgan fingerprint density at radius 3 is 2.71 bits per heavy atom. The van der Waals surface area contributed by atoms with E-state index in [1.807, 2.05) is 0 Å². The zero-order valence-corrected chi connectivity index (χ0v) is 12.9. The monoisotopic (exact) mass is 315 g/mol. The number of carbonyl (C=O) groups excluding carboxylic acids is 1. The first-order chi connectivity index (χ1) is 9.92. The van der Waals surface area contributed by atoms with Crippen molar-refractivity contribution in [1.29, 1.82) is 0 Å². The van der Waals surface area contributed by atoms with Crippen LogP contribution >= 0.6 is 11.6 Å². The zero-order chi connectivity index (χ0) is 16.0. The summed E-state index contributed by atoms with van der Waals surface area (Å²) >= 11 is 6.05. The molecule has 0 aliphatic rings. The van der Waals surface area contributed by atoms with Crippen LogP contribution in [0.5, 0.6) is 0 Å². The fourth-order valence-electron chi connectivity index (χ4n) is 1.76. The number of carbonyl (C=O) groups is 1. The van der Waals surface area contributed by atoms with Gasteiger partial charge in [-0.05, 0) is 13.0 Å². The van der Waals surface area contributed by atoms with Crippen molar-refractivity contribution >= 4 is 28.9 Å². The van der Waals surface area contributed by atoms with E-state index in [9.17, 15) is 14.9 Å². The number of nitro groups is 1. The van der Waals surface area contributed by atoms with Gasteiger partial charge >= 0.3 is 0 Å². The molecule has 0 bridgehead atoms. The molecule has 1 aromatic carbocycles. The maximum atomic E-state index is 12.2. The molecule has 0 saturated carbocycles. The third-order valence-electron chi connectivity index (χ3n) is 2.84. The van der Waals surface area contributed by atoms with Crippen molar-refractivity contribution in [3.8, 4) is 0 Å². The molecule has 21 heavy (non-hydrogen) atoms. The second-order valence-electron chi connectivity index (χ2n) is 4.36. The van der Waals surface area contributed by atoms with Crippen molar-refractivity contribution < 1.29 is 14.5 Å². The Bertz CT molecular complexity index is 536. The normalized spacial score (nSPS) is 10.3. The summed E-state index contributed by atoms with van der Waals surface area (Å²) < 4.78 is 4.90. The Hall–Kier alpha value is -1.86. The number of nitrogens with zero attached hydrogens (tertiary/aromatic N) is 2. The SMILES string of the molecule is CCNc1c(Cl)cc(C(=O)N(C)CCOC)cc1[N+](=O)[O-]. The molecular weight excluding hydrogens is 298 g/mol. The lowest BCUT2D eigenvalue weighted by molar-refractivity contribution is -0.384. The number of likely N-dealkylation sites (N-methyl/N-ethyl adjacent to an activating group) is 1. The van der Waals surface area contributed by atoms with E-state index in [0.29, 0.717) is 19.7 Å². The fourth-order valence-corrected chi connectivity index (χ4v) is 2.04. The van der Waals surface area contributed by atoms with Gasteiger partial charge in [-0.2, -0.15) is 0 Å². The maximum absolute atomic E-state index is 12.2. The van der Waals surface area contributed by atoms with Crippen molar-refractivity contribution in [1.82, 2.24) is 4.90 Å². The molecule has 0 spiro atoms. The average molecular weight is 316 g/mol. The minimum atomic E-state index is -0.560. The van der Waals surface area contributed by atoms with E-state index in [4.69, 9.17) is 16.3 Å². The lowest BCUT2D eigenvalue weighted by atomic mass is 10.1. The summed E-state index contributed by atoms with van der Waals surface area (Å²) in [6.45, 7) is 3.06. The summed E-state index contributed by atoms with van der Waals surface area (Å²) in [5.74, 6) is -0.347. The van der Waals surface area contributed by atoms with Crippen molar-refractivity contribution in [2.75, 3.05) is 39.2 Å². The molecule has 0 saturated heterocycles. The number of nitrogens with one attached hydrogen (secondary N) is 1. The number of hydrogen-bond donors (Lipinski definition) is 1. The molecule has 1 amide bonds. The quantitative estimate of drug-likeness (QED) is 0.617. The maximum Gasteiger partial charge on any atom is 0.294 e. The molecule has 0 heterocycles. The smallest absolute Gasteiger partial charge is 0.294 e. The summed E-state index contributed by atoms with van der Waals surface area (Å²) in [4.78, 5) is 24.2. The predicted molar refractivity (Wildman–Crippen MR) is 81.1 cm³/mol. The summed E-state index contributed by atoms with van der Waals surface area (Å²) in [6.07, 6.45) is 0. The lowest BCUT2D eigenvalue weighted by Crippen LogP contribution is -2.30. The van der Waals surface area contributed by atoms with Gasteiger partial charge in [-0.25, -0.2) is 0 Å². The van der Waals surface area contributed by atoms with E-state index in [0.717, 1.165) is 0 Å². The third kappa shape index (κ3) is 4.30. The van der Waals surface area contributed by atoms with Crippen molar-refractivity contribution in [3.05, 3.63) is 32.8 Å². The molecule has 0 aliphatic carbocycles. The Kier molecular flexibility index (Phi) is 6.39. The number of hydrogen-bond acceptors (Lipinski definition) is 5. The standard InChI is InChI=1S/C13H18ClN3O4/c1-4-15-12-10(14)7-9(8-11(12)17(19)20)13(18)16(2)5-6-21-3/h7-8,15H,4-6H2,1-3H3. The van der Waals surface area contributed by atoms with Gasteiger partial charge in [0.05, 0.1) is 16.6 Å². The van der Waals surface area contributed by atoms with E-state index in [1.165, 1.54) is 24.1 Å². The summed E-state index contributed by atoms with van der Waals surface area (Å²) in [5, 5.41) is 14.1. The first-order valence-corrected chi connectivity index (χ1v) is 6.76. The number of ether oxygens (including phenoxy) is 1. The van der Waals surface area contributed by atoms with Crippen LogP contribution < -0.4 is 5.32 Å². The molecule has 0 unspecified atom stereocenters. The van der Waals surface area contributed by atoms with Crippen LogP contribution in [0.25, 0.3) is 0 Å². The predicted octanol–water partition coefficient (Wildman–Crippen LogP) is 2.40. The van der Waals surface area contributed by atoms with E-state index in [2.05, 4.69) is 5.32 Å². The molecule has 7 nitrogen and oxygen atoms in total. The first-order valence-electron chi connectivity index (χ1n) is 6.38. The van der Waals surface area contributed by atoms with Crippen LogP contribution in [0.2, 0.25) is 5.02 Å². The highest BCUT2D eigenvalue weighted by Gasteiger charge is 2.22. The molecule has 8 heteroatoms. The van der Waals surface area contributed by atoms with Crippen LogP contribution in [0.4, 0.5) is 11.4 Å². The van der Waals surface area contributed by atoms with Crippen molar-refractivity contribution in [3.63, 3.8) is 0 Å². The highest BCUT2D eigenvalue weighted by Crippen LogP contribution is 2.34. The van der Waals surface area contributed by atoms with Gasteiger partial charge in [0, 0.05) is 38.9 Å². The molecule has 1 aromatic rings. The molecule has 0 radical (unpaired) electrons. The third-order valence-corrected chi connectivity index (χ3v) is 3.14. The van der Waals surface area contributed by atoms with Crippen LogP contribution in [0.15, 0.2) is 12.1 Å². The van der Waals surface area contributed by atoms with Crippen LogP contribution in [-0.2, 0) is 4.74 Å². The first kappa shape index (κ1) is 17.2. The second kappa shape index (κ2) is 7.80. The van der Waals surface area contributed by atoms with Gasteiger partial charge in [-0.15, -0.1) is 0 Å². The Morgan fingerprint density at radius 1 is 1.52 bits per heavy atom. The Morgan fingerprint density at radius 2 is 2.19 bits per heavy atom. The van der Waals surface area contributed by atoms with E-state index in [-0.39, 0.29) is 27.9 Å². The van der Waals surface area contributed by atoms with Gasteiger partial charge in [0.15, 0.2) is 0 Å². The van der Waals surface area contributed by atoms with E-state index in [1.54, 1.807) is 14.0 Å². The fraction of sp³-hybridized carbons (Fsp3) is 0.462. The van der Waals surface area contributed by atoms with Gasteiger partial charge < -0.3 is 15.0 Å². The number of amides is 1. The average Bonchev–Trinajstić information content (AvgIpc) is 2.45. The number of nitro benzene ring substituents is 1. The van der Waals surface area contributed by atoms with Gasteiger partial charge in [0.1, 0.15) is 5.69 Å². The molecular formula is C13H18ClN3O4. The van der Waals surface area contributed by atoms with Gasteiger partial charge in [-0.3, -0.25) is 14.9 Å². The number of halogens is 1. The van der Waals surface area contributed by atoms with Crippen LogP contribution in [-0.4, -0.2) is 49.6 Å². The molecule has 0 fully saturated rings. The summed E-state index contributed by atoms with van der Waals surface area (Å²) in [6, 6.07) is 2.66. The number of anilines is 1. The number of benzene rings is 1. The van der Waals surface area contributed by atoms with Crippen molar-refractivity contribution in [2.24, 2.45) is 0 Å². The molecule has 0 aliphatic heterocycles. The van der Waals surface area contributed by atoms with Gasteiger partial charge in [-0.1, -0.05) is 11.6 Å². The molecule has 0 atom stereocenters. The van der Waals surface area contributed by atoms with E-state index < -0.39 is 4.92 Å². The highest BCUT2D eigenvalue weighted by atomic mass is 35.5. The topological polar surface area (TPSA) is 84.7 Å². The lowest BCUT2D eigenvalue weighted by Gasteiger charge is -2.17. The van der Waals surface area contributed by atoms with Crippen molar-refractivity contribution in [2.45, 2.75) is 6.92 Å². The van der Waals surface area contributed by atoms with Gasteiger partial charge in [0.25, 0.3) is 11.6 Å². The largest absolute Gasteiger partial charge is 0.383 e. The highest BCUT2D eigenvalue weighted by molar-refractivity contribution is 6.34. The van der Waals surface area contributed by atoms with Crippen LogP contribution in [0.1, 0.15) is 17.3 Å². The van der Waals surface area contributed by atoms with Crippen LogP contribution in [0, 0.1) is 10.1 Å². The Balaban J connectivity index is 3.15. The second-order valence-corrected chi connectivity index (χ2v) is 4.77. The van der Waals surface area contributed by atoms with Gasteiger partial charge in [0.2, 0.25) is 0 Å². The summed E-state index contributed by atoms with van der Waals surface area (Å²) in [7, 11) is 3.13. The molecule has 1 rings (SSSR count). The number of methoxy groups -OCH3 is 1. The minimum Gasteiger partial charge on any atom is -0.383 e. The van der Waals surface area contributed by atoms with Crippen LogP contribution in [0.3, 0.4) is 0 Å².